The molecule has 1 aromatic carbocycles. The SMILES string of the molecule is N#CC1(NC(=O)[C@H](CC2CCCCC2)N=C2NS(=O)(=O)c3ccccc32)CCN2CCCCC2C1. The van der Waals surface area contributed by atoms with E-state index in [9.17, 15) is 18.5 Å². The van der Waals surface area contributed by atoms with Crippen molar-refractivity contribution in [2.24, 2.45) is 10.9 Å². The second-order valence-corrected chi connectivity index (χ2v) is 12.3. The van der Waals surface area contributed by atoms with Crippen LogP contribution in [-0.2, 0) is 14.8 Å². The Balaban J connectivity index is 1.40. The number of piperidine rings is 2. The number of fused-ring (bicyclic) bond motifs is 2. The molecular weight excluding hydrogens is 462 g/mol. The van der Waals surface area contributed by atoms with Gasteiger partial charge in [-0.3, -0.25) is 14.5 Å². The minimum atomic E-state index is -3.69. The predicted octanol–water partition coefficient (Wildman–Crippen LogP) is 3.09. The Morgan fingerprint density at radius 2 is 1.94 bits per heavy atom. The Hall–Kier alpha value is -2.44. The van der Waals surface area contributed by atoms with Gasteiger partial charge in [-0.1, -0.05) is 50.7 Å². The van der Waals surface area contributed by atoms with E-state index in [0.717, 1.165) is 51.6 Å². The Morgan fingerprint density at radius 3 is 2.74 bits per heavy atom. The molecule has 9 heteroatoms. The van der Waals surface area contributed by atoms with Gasteiger partial charge < -0.3 is 10.2 Å². The fraction of sp³-hybridized carbons (Fsp3) is 0.654. The van der Waals surface area contributed by atoms with Crippen LogP contribution in [0.5, 0.6) is 0 Å². The van der Waals surface area contributed by atoms with Gasteiger partial charge in [0.05, 0.1) is 11.0 Å². The van der Waals surface area contributed by atoms with Gasteiger partial charge in [-0.05, 0) is 56.7 Å². The van der Waals surface area contributed by atoms with Crippen LogP contribution in [0.4, 0.5) is 0 Å². The summed E-state index contributed by atoms with van der Waals surface area (Å²) < 4.78 is 27.8. The zero-order chi connectivity index (χ0) is 24.5. The molecule has 1 amide bonds. The third-order valence-electron chi connectivity index (χ3n) is 8.27. The van der Waals surface area contributed by atoms with Crippen molar-refractivity contribution < 1.29 is 13.2 Å². The number of nitrogens with one attached hydrogen (secondary N) is 2. The second kappa shape index (κ2) is 9.90. The zero-order valence-electron chi connectivity index (χ0n) is 20.2. The normalized spacial score (nSPS) is 30.5. The Bertz CT molecular complexity index is 1140. The van der Waals surface area contributed by atoms with Crippen LogP contribution in [0.2, 0.25) is 0 Å². The second-order valence-electron chi connectivity index (χ2n) is 10.7. The van der Waals surface area contributed by atoms with Crippen molar-refractivity contribution in [1.29, 1.82) is 5.26 Å². The van der Waals surface area contributed by atoms with Crippen LogP contribution in [0, 0.1) is 17.2 Å². The number of hydrogen-bond acceptors (Lipinski definition) is 6. The Labute approximate surface area is 208 Å². The van der Waals surface area contributed by atoms with Gasteiger partial charge in [0.1, 0.15) is 17.4 Å². The van der Waals surface area contributed by atoms with Crippen LogP contribution in [0.15, 0.2) is 34.2 Å². The van der Waals surface area contributed by atoms with Gasteiger partial charge in [0, 0.05) is 18.2 Å². The Kier molecular flexibility index (Phi) is 6.86. The average Bonchev–Trinajstić information content (AvgIpc) is 3.14. The molecular formula is C26H35N5O3S. The first-order valence-electron chi connectivity index (χ1n) is 13.1. The molecule has 1 saturated carbocycles. The molecule has 3 fully saturated rings. The number of hydrogen-bond donors (Lipinski definition) is 2. The zero-order valence-corrected chi connectivity index (χ0v) is 21.0. The molecule has 2 saturated heterocycles. The fourth-order valence-electron chi connectivity index (χ4n) is 6.33. The predicted molar refractivity (Wildman–Crippen MR) is 133 cm³/mol. The van der Waals surface area contributed by atoms with Crippen molar-refractivity contribution in [3.63, 3.8) is 0 Å². The van der Waals surface area contributed by atoms with Gasteiger partial charge in [0.2, 0.25) is 5.91 Å². The molecule has 2 N–H and O–H groups in total. The molecule has 0 aromatic heterocycles. The van der Waals surface area contributed by atoms with Gasteiger partial charge in [0.25, 0.3) is 10.0 Å². The van der Waals surface area contributed by atoms with Crippen LogP contribution >= 0.6 is 0 Å². The smallest absolute Gasteiger partial charge is 0.263 e. The van der Waals surface area contributed by atoms with E-state index in [-0.39, 0.29) is 16.6 Å². The van der Waals surface area contributed by atoms with Crippen molar-refractivity contribution >= 4 is 21.8 Å². The third kappa shape index (κ3) is 5.10. The molecule has 0 bridgehead atoms. The maximum absolute atomic E-state index is 13.7. The van der Waals surface area contributed by atoms with Gasteiger partial charge in [-0.25, -0.2) is 8.42 Å². The van der Waals surface area contributed by atoms with Gasteiger partial charge in [-0.15, -0.1) is 0 Å². The summed E-state index contributed by atoms with van der Waals surface area (Å²) in [6.07, 6.45) is 10.8. The molecule has 8 nitrogen and oxygen atoms in total. The lowest BCUT2D eigenvalue weighted by Crippen LogP contribution is -2.60. The first-order valence-corrected chi connectivity index (χ1v) is 14.5. The summed E-state index contributed by atoms with van der Waals surface area (Å²) in [4.78, 5) is 21.1. The van der Waals surface area contributed by atoms with E-state index in [2.05, 4.69) is 21.0 Å². The fourth-order valence-corrected chi connectivity index (χ4v) is 7.57. The first kappa shape index (κ1) is 24.3. The lowest BCUT2D eigenvalue weighted by Gasteiger charge is -2.46. The van der Waals surface area contributed by atoms with E-state index < -0.39 is 21.6 Å². The number of rotatable bonds is 5. The van der Waals surface area contributed by atoms with Crippen LogP contribution in [0.25, 0.3) is 0 Å². The quantitative estimate of drug-likeness (QED) is 0.649. The highest BCUT2D eigenvalue weighted by Crippen LogP contribution is 2.33. The monoisotopic (exact) mass is 497 g/mol. The summed E-state index contributed by atoms with van der Waals surface area (Å²) in [6.45, 7) is 1.88. The molecule has 0 radical (unpaired) electrons. The van der Waals surface area contributed by atoms with Crippen molar-refractivity contribution in [2.75, 3.05) is 13.1 Å². The highest BCUT2D eigenvalue weighted by molar-refractivity contribution is 7.90. The highest BCUT2D eigenvalue weighted by atomic mass is 32.2. The van der Waals surface area contributed by atoms with E-state index in [4.69, 9.17) is 4.99 Å². The van der Waals surface area contributed by atoms with Crippen molar-refractivity contribution in [3.8, 4) is 6.07 Å². The molecule has 188 valence electrons. The maximum Gasteiger partial charge on any atom is 0.263 e. The lowest BCUT2D eigenvalue weighted by molar-refractivity contribution is -0.125. The lowest BCUT2D eigenvalue weighted by atomic mass is 9.80. The number of nitrogens with zero attached hydrogens (tertiary/aromatic N) is 3. The number of benzene rings is 1. The van der Waals surface area contributed by atoms with Crippen LogP contribution in [-0.4, -0.2) is 55.8 Å². The summed E-state index contributed by atoms with van der Waals surface area (Å²) >= 11 is 0. The molecule has 2 unspecified atom stereocenters. The highest BCUT2D eigenvalue weighted by Gasteiger charge is 2.43. The molecule has 3 heterocycles. The van der Waals surface area contributed by atoms with E-state index in [0.29, 0.717) is 36.8 Å². The van der Waals surface area contributed by atoms with E-state index in [1.165, 1.54) is 12.8 Å². The Morgan fingerprint density at radius 1 is 1.17 bits per heavy atom. The molecule has 0 spiro atoms. The van der Waals surface area contributed by atoms with Gasteiger partial charge >= 0.3 is 0 Å². The summed E-state index contributed by atoms with van der Waals surface area (Å²) in [5.41, 5.74) is -0.396. The summed E-state index contributed by atoms with van der Waals surface area (Å²) in [5, 5.41) is 13.3. The van der Waals surface area contributed by atoms with Gasteiger partial charge in [-0.2, -0.15) is 5.26 Å². The van der Waals surface area contributed by atoms with E-state index in [1.807, 2.05) is 0 Å². The topological polar surface area (TPSA) is 115 Å². The molecule has 1 aliphatic carbocycles. The summed E-state index contributed by atoms with van der Waals surface area (Å²) in [7, 11) is -3.69. The molecule has 35 heavy (non-hydrogen) atoms. The minimum Gasteiger partial charge on any atom is -0.336 e. The number of aliphatic imine (C=N–C) groups is 1. The molecule has 3 aliphatic heterocycles. The number of amidine groups is 1. The number of amides is 1. The van der Waals surface area contributed by atoms with Crippen LogP contribution in [0.1, 0.15) is 76.2 Å². The van der Waals surface area contributed by atoms with Gasteiger partial charge in [0.15, 0.2) is 0 Å². The van der Waals surface area contributed by atoms with Crippen molar-refractivity contribution in [3.05, 3.63) is 29.8 Å². The first-order chi connectivity index (χ1) is 16.9. The van der Waals surface area contributed by atoms with Crippen LogP contribution < -0.4 is 10.0 Å². The van der Waals surface area contributed by atoms with Crippen LogP contribution in [0.3, 0.4) is 0 Å². The van der Waals surface area contributed by atoms with Crippen molar-refractivity contribution in [1.82, 2.24) is 14.9 Å². The molecule has 5 rings (SSSR count). The summed E-state index contributed by atoms with van der Waals surface area (Å²) in [5.74, 6) is 0.331. The largest absolute Gasteiger partial charge is 0.336 e. The number of nitriles is 1. The standard InChI is InChI=1S/C26H35N5O3S/c27-18-26(13-15-31-14-7-6-10-20(31)17-26)29-25(32)22(16-19-8-2-1-3-9-19)28-24-21-11-4-5-12-23(21)35(33,34)30-24/h4-5,11-12,19-20,22H,1-3,6-10,13-17H2,(H,28,30)(H,29,32)/t20?,22-,26?/m0/s1. The molecule has 4 aliphatic rings. The minimum absolute atomic E-state index is 0.189. The average molecular weight is 498 g/mol. The maximum atomic E-state index is 13.7. The van der Waals surface area contributed by atoms with E-state index in [1.54, 1.807) is 24.3 Å². The number of carbonyl (C=O) groups is 1. The molecule has 1 aromatic rings. The van der Waals surface area contributed by atoms with Crippen molar-refractivity contribution in [2.45, 2.75) is 93.1 Å². The number of sulfonamides is 1. The number of carbonyl (C=O) groups excluding carboxylic acids is 1. The molecule has 3 atom stereocenters. The third-order valence-corrected chi connectivity index (χ3v) is 9.66. The van der Waals surface area contributed by atoms with E-state index >= 15 is 0 Å². The summed E-state index contributed by atoms with van der Waals surface area (Å²) in [6, 6.07) is 8.76.